The smallest absolute Gasteiger partial charge is 0.343 e. The van der Waals surface area contributed by atoms with Crippen molar-refractivity contribution in [1.29, 1.82) is 0 Å². The molecule has 0 unspecified atom stereocenters. The van der Waals surface area contributed by atoms with Crippen molar-refractivity contribution in [2.45, 2.75) is 27.7 Å². The van der Waals surface area contributed by atoms with Crippen molar-refractivity contribution >= 4 is 29.1 Å². The SMILES string of the molecule is CCOC(=O)C1=C(C)Nc2ccccc2N=C1NC(=O)c1cccc(C)c1C. The maximum absolute atomic E-state index is 13.0. The number of anilines is 1. The lowest BCUT2D eigenvalue weighted by atomic mass is 10.0. The van der Waals surface area contributed by atoms with Crippen LogP contribution in [0.4, 0.5) is 11.4 Å². The number of aryl methyl sites for hydroxylation is 1. The van der Waals surface area contributed by atoms with Gasteiger partial charge in [0, 0.05) is 11.3 Å². The molecule has 1 aliphatic rings. The Hall–Kier alpha value is -3.41. The summed E-state index contributed by atoms with van der Waals surface area (Å²) >= 11 is 0. The molecular weight excluding hydrogens is 354 g/mol. The van der Waals surface area contributed by atoms with E-state index < -0.39 is 5.97 Å². The monoisotopic (exact) mass is 377 g/mol. The van der Waals surface area contributed by atoms with E-state index in [0.717, 1.165) is 16.8 Å². The molecule has 0 atom stereocenters. The highest BCUT2D eigenvalue weighted by molar-refractivity contribution is 6.25. The summed E-state index contributed by atoms with van der Waals surface area (Å²) in [7, 11) is 0. The normalized spacial score (nSPS) is 13.1. The number of aliphatic imine (C=N–C) groups is 1. The molecule has 0 saturated heterocycles. The summed E-state index contributed by atoms with van der Waals surface area (Å²) in [6.45, 7) is 7.56. The number of fused-ring (bicyclic) bond motifs is 1. The molecule has 0 saturated carbocycles. The van der Waals surface area contributed by atoms with Crippen LogP contribution in [0.25, 0.3) is 0 Å². The topological polar surface area (TPSA) is 79.8 Å². The molecule has 1 amide bonds. The largest absolute Gasteiger partial charge is 0.462 e. The molecule has 0 radical (unpaired) electrons. The minimum absolute atomic E-state index is 0.166. The van der Waals surface area contributed by atoms with Crippen LogP contribution in [0.1, 0.15) is 35.3 Å². The van der Waals surface area contributed by atoms with E-state index >= 15 is 0 Å². The molecule has 0 fully saturated rings. The van der Waals surface area contributed by atoms with Crippen molar-refractivity contribution in [3.63, 3.8) is 0 Å². The predicted molar refractivity (Wildman–Crippen MR) is 110 cm³/mol. The number of para-hydroxylation sites is 2. The summed E-state index contributed by atoms with van der Waals surface area (Å²) in [4.78, 5) is 30.1. The highest BCUT2D eigenvalue weighted by atomic mass is 16.5. The highest BCUT2D eigenvalue weighted by Gasteiger charge is 2.26. The molecule has 0 bridgehead atoms. The Morgan fingerprint density at radius 2 is 1.82 bits per heavy atom. The second-order valence-electron chi connectivity index (χ2n) is 6.52. The van der Waals surface area contributed by atoms with Crippen LogP contribution in [0, 0.1) is 13.8 Å². The quantitative estimate of drug-likeness (QED) is 0.792. The first kappa shape index (κ1) is 19.4. The van der Waals surface area contributed by atoms with Gasteiger partial charge in [0.2, 0.25) is 0 Å². The number of hydrogen-bond donors (Lipinski definition) is 2. The molecule has 2 aromatic carbocycles. The van der Waals surface area contributed by atoms with E-state index in [4.69, 9.17) is 4.74 Å². The van der Waals surface area contributed by atoms with Crippen LogP contribution in [0.2, 0.25) is 0 Å². The lowest BCUT2D eigenvalue weighted by Crippen LogP contribution is -2.35. The maximum Gasteiger partial charge on any atom is 0.343 e. The Balaban J connectivity index is 2.06. The Bertz CT molecular complexity index is 1010. The first-order valence-corrected chi connectivity index (χ1v) is 9.13. The van der Waals surface area contributed by atoms with Gasteiger partial charge in [-0.3, -0.25) is 4.79 Å². The van der Waals surface area contributed by atoms with Crippen LogP contribution in [-0.4, -0.2) is 24.3 Å². The van der Waals surface area contributed by atoms with Gasteiger partial charge in [-0.05, 0) is 57.0 Å². The fourth-order valence-electron chi connectivity index (χ4n) is 3.01. The third-order valence-electron chi connectivity index (χ3n) is 4.63. The van der Waals surface area contributed by atoms with Gasteiger partial charge in [0.1, 0.15) is 11.4 Å². The van der Waals surface area contributed by atoms with Crippen LogP contribution in [-0.2, 0) is 9.53 Å². The number of ether oxygens (including phenoxy) is 1. The number of allylic oxidation sites excluding steroid dienone is 1. The summed E-state index contributed by atoms with van der Waals surface area (Å²) in [5, 5.41) is 6.00. The Morgan fingerprint density at radius 3 is 2.57 bits per heavy atom. The molecular formula is C22H23N3O3. The second kappa shape index (κ2) is 8.08. The number of benzene rings is 2. The fourth-order valence-corrected chi connectivity index (χ4v) is 3.01. The van der Waals surface area contributed by atoms with Gasteiger partial charge in [0.25, 0.3) is 5.91 Å². The Morgan fingerprint density at radius 1 is 1.07 bits per heavy atom. The maximum atomic E-state index is 13.0. The number of amidine groups is 1. The molecule has 3 rings (SSSR count). The van der Waals surface area contributed by atoms with Crippen molar-refractivity contribution < 1.29 is 14.3 Å². The van der Waals surface area contributed by atoms with E-state index in [0.29, 0.717) is 16.9 Å². The van der Waals surface area contributed by atoms with Crippen molar-refractivity contribution in [3.8, 4) is 0 Å². The molecule has 0 spiro atoms. The molecule has 28 heavy (non-hydrogen) atoms. The van der Waals surface area contributed by atoms with Gasteiger partial charge < -0.3 is 15.4 Å². The van der Waals surface area contributed by atoms with Gasteiger partial charge in [-0.1, -0.05) is 24.3 Å². The third kappa shape index (κ3) is 3.81. The van der Waals surface area contributed by atoms with Crippen LogP contribution >= 0.6 is 0 Å². The van der Waals surface area contributed by atoms with Crippen molar-refractivity contribution in [1.82, 2.24) is 5.32 Å². The minimum atomic E-state index is -0.541. The summed E-state index contributed by atoms with van der Waals surface area (Å²) < 4.78 is 5.20. The average Bonchev–Trinajstić information content (AvgIpc) is 2.79. The third-order valence-corrected chi connectivity index (χ3v) is 4.63. The van der Waals surface area contributed by atoms with Crippen molar-refractivity contribution in [2.24, 2.45) is 4.99 Å². The molecule has 0 aliphatic carbocycles. The van der Waals surface area contributed by atoms with E-state index in [2.05, 4.69) is 15.6 Å². The van der Waals surface area contributed by atoms with Gasteiger partial charge in [0.15, 0.2) is 0 Å². The standard InChI is InChI=1S/C22H23N3O3/c1-5-28-22(27)19-15(4)23-17-11-6-7-12-18(17)24-20(19)25-21(26)16-10-8-9-13(2)14(16)3/h6-12,23H,5H2,1-4H3,(H,24,25,26). The van der Waals surface area contributed by atoms with E-state index in [1.165, 1.54) is 0 Å². The van der Waals surface area contributed by atoms with Crippen molar-refractivity contribution in [2.75, 3.05) is 11.9 Å². The highest BCUT2D eigenvalue weighted by Crippen LogP contribution is 2.30. The number of nitrogens with zero attached hydrogens (tertiary/aromatic N) is 1. The van der Waals surface area contributed by atoms with Gasteiger partial charge in [-0.2, -0.15) is 0 Å². The Kier molecular flexibility index (Phi) is 5.59. The number of amides is 1. The van der Waals surface area contributed by atoms with E-state index in [-0.39, 0.29) is 23.9 Å². The average molecular weight is 377 g/mol. The van der Waals surface area contributed by atoms with E-state index in [9.17, 15) is 9.59 Å². The number of rotatable bonds is 3. The summed E-state index contributed by atoms with van der Waals surface area (Å²) in [6.07, 6.45) is 0. The zero-order valence-electron chi connectivity index (χ0n) is 16.4. The van der Waals surface area contributed by atoms with E-state index in [1.54, 1.807) is 19.9 Å². The zero-order valence-corrected chi connectivity index (χ0v) is 16.4. The fraction of sp³-hybridized carbons (Fsp3) is 0.227. The van der Waals surface area contributed by atoms with Crippen LogP contribution in [0.15, 0.2) is 58.7 Å². The first-order valence-electron chi connectivity index (χ1n) is 9.13. The molecule has 1 aliphatic heterocycles. The van der Waals surface area contributed by atoms with Crippen molar-refractivity contribution in [3.05, 3.63) is 70.4 Å². The predicted octanol–water partition coefficient (Wildman–Crippen LogP) is 4.03. The van der Waals surface area contributed by atoms with Crippen LogP contribution in [0.3, 0.4) is 0 Å². The molecule has 6 nitrogen and oxygen atoms in total. The summed E-state index contributed by atoms with van der Waals surface area (Å²) in [5.41, 5.74) is 4.57. The lowest BCUT2D eigenvalue weighted by Gasteiger charge is -2.14. The van der Waals surface area contributed by atoms with Gasteiger partial charge in [0.05, 0.1) is 18.0 Å². The number of esters is 1. The second-order valence-corrected chi connectivity index (χ2v) is 6.52. The molecule has 6 heteroatoms. The lowest BCUT2D eigenvalue weighted by molar-refractivity contribution is -0.137. The Labute approximate surface area is 164 Å². The number of hydrogen-bond acceptors (Lipinski definition) is 5. The molecule has 1 heterocycles. The molecule has 2 aromatic rings. The summed E-state index contributed by atoms with van der Waals surface area (Å²) in [5.74, 6) is -0.700. The van der Waals surface area contributed by atoms with Gasteiger partial charge in [-0.15, -0.1) is 0 Å². The minimum Gasteiger partial charge on any atom is -0.462 e. The number of nitrogens with one attached hydrogen (secondary N) is 2. The number of carbonyl (C=O) groups is 2. The zero-order chi connectivity index (χ0) is 20.3. The van der Waals surface area contributed by atoms with Crippen LogP contribution in [0.5, 0.6) is 0 Å². The van der Waals surface area contributed by atoms with Gasteiger partial charge in [-0.25, -0.2) is 9.79 Å². The van der Waals surface area contributed by atoms with E-state index in [1.807, 2.05) is 50.2 Å². The molecule has 144 valence electrons. The van der Waals surface area contributed by atoms with Gasteiger partial charge >= 0.3 is 5.97 Å². The molecule has 0 aromatic heterocycles. The molecule has 2 N–H and O–H groups in total. The summed E-state index contributed by atoms with van der Waals surface area (Å²) in [6, 6.07) is 12.9. The van der Waals surface area contributed by atoms with Crippen LogP contribution < -0.4 is 10.6 Å². The number of carbonyl (C=O) groups excluding carboxylic acids is 2. The first-order chi connectivity index (χ1) is 13.4.